The van der Waals surface area contributed by atoms with Gasteiger partial charge >= 0.3 is 5.97 Å². The lowest BCUT2D eigenvalue weighted by Gasteiger charge is -2.37. The zero-order valence-corrected chi connectivity index (χ0v) is 11.0. The molecule has 3 rings (SSSR count). The van der Waals surface area contributed by atoms with Crippen LogP contribution >= 0.6 is 0 Å². The molecular weight excluding hydrogens is 260 g/mol. The number of aromatic carboxylic acids is 1. The molecule has 1 N–H and O–H groups in total. The summed E-state index contributed by atoms with van der Waals surface area (Å²) in [5, 5.41) is 12.8. The number of hydrogen-bond donors (Lipinski definition) is 1. The zero-order valence-electron chi connectivity index (χ0n) is 11.0. The monoisotopic (exact) mass is 274 g/mol. The molecule has 2 aromatic rings. The van der Waals surface area contributed by atoms with Crippen LogP contribution in [0.25, 0.3) is 11.5 Å². The molecule has 0 unspecified atom stereocenters. The first-order valence-corrected chi connectivity index (χ1v) is 6.38. The van der Waals surface area contributed by atoms with E-state index < -0.39 is 11.6 Å². The van der Waals surface area contributed by atoms with Crippen LogP contribution in [0.15, 0.2) is 28.8 Å². The van der Waals surface area contributed by atoms with Gasteiger partial charge in [0.05, 0.1) is 5.56 Å². The Labute approximate surface area is 115 Å². The van der Waals surface area contributed by atoms with E-state index in [4.69, 9.17) is 14.4 Å². The standard InChI is InChI=1S/C14H14N2O4/c1-19-14(7-2-8-14)13-15-11(20-16-13)9-3-5-10(6-4-9)12(17)18/h3-6H,2,7-8H2,1H3,(H,17,18). The fourth-order valence-electron chi connectivity index (χ4n) is 2.30. The quantitative estimate of drug-likeness (QED) is 0.921. The second-order valence-corrected chi connectivity index (χ2v) is 4.86. The number of carboxylic acid groups (broad SMARTS) is 1. The molecule has 0 aliphatic heterocycles. The van der Waals surface area contributed by atoms with Crippen molar-refractivity contribution in [3.63, 3.8) is 0 Å². The van der Waals surface area contributed by atoms with Crippen LogP contribution in [-0.2, 0) is 10.3 Å². The molecule has 1 heterocycles. The Bertz CT molecular complexity index is 623. The van der Waals surface area contributed by atoms with Crippen molar-refractivity contribution >= 4 is 5.97 Å². The van der Waals surface area contributed by atoms with E-state index in [2.05, 4.69) is 10.1 Å². The second-order valence-electron chi connectivity index (χ2n) is 4.86. The molecular formula is C14H14N2O4. The van der Waals surface area contributed by atoms with Gasteiger partial charge in [0.15, 0.2) is 0 Å². The minimum absolute atomic E-state index is 0.223. The first kappa shape index (κ1) is 12.8. The molecule has 6 nitrogen and oxygen atoms in total. The molecule has 1 aromatic heterocycles. The van der Waals surface area contributed by atoms with E-state index in [9.17, 15) is 4.79 Å². The first-order valence-electron chi connectivity index (χ1n) is 6.38. The average molecular weight is 274 g/mol. The van der Waals surface area contributed by atoms with Crippen LogP contribution in [0.4, 0.5) is 0 Å². The molecule has 0 saturated heterocycles. The minimum Gasteiger partial charge on any atom is -0.478 e. The third-order valence-corrected chi connectivity index (χ3v) is 3.76. The van der Waals surface area contributed by atoms with E-state index in [0.717, 1.165) is 19.3 Å². The highest BCUT2D eigenvalue weighted by atomic mass is 16.5. The van der Waals surface area contributed by atoms with Crippen molar-refractivity contribution < 1.29 is 19.2 Å². The normalized spacial score (nSPS) is 16.6. The van der Waals surface area contributed by atoms with Crippen molar-refractivity contribution in [1.29, 1.82) is 0 Å². The number of hydrogen-bond acceptors (Lipinski definition) is 5. The Hall–Kier alpha value is -2.21. The molecule has 0 bridgehead atoms. The van der Waals surface area contributed by atoms with E-state index >= 15 is 0 Å². The molecule has 1 aliphatic rings. The topological polar surface area (TPSA) is 85.5 Å². The highest BCUT2D eigenvalue weighted by Crippen LogP contribution is 2.43. The van der Waals surface area contributed by atoms with Crippen LogP contribution in [-0.4, -0.2) is 28.3 Å². The number of benzene rings is 1. The Morgan fingerprint density at radius 1 is 1.35 bits per heavy atom. The first-order chi connectivity index (χ1) is 9.64. The summed E-state index contributed by atoms with van der Waals surface area (Å²) in [6.45, 7) is 0. The summed E-state index contributed by atoms with van der Waals surface area (Å²) in [7, 11) is 1.65. The molecule has 20 heavy (non-hydrogen) atoms. The van der Waals surface area contributed by atoms with Crippen molar-refractivity contribution in [2.45, 2.75) is 24.9 Å². The molecule has 104 valence electrons. The summed E-state index contributed by atoms with van der Waals surface area (Å²) in [6.07, 6.45) is 2.87. The Morgan fingerprint density at radius 2 is 2.05 bits per heavy atom. The van der Waals surface area contributed by atoms with Crippen molar-refractivity contribution in [2.75, 3.05) is 7.11 Å². The SMILES string of the molecule is COC1(c2noc(-c3ccc(C(=O)O)cc3)n2)CCC1. The number of carboxylic acids is 1. The summed E-state index contributed by atoms with van der Waals surface area (Å²) < 4.78 is 10.7. The van der Waals surface area contributed by atoms with E-state index in [-0.39, 0.29) is 5.56 Å². The average Bonchev–Trinajstić information content (AvgIpc) is 2.88. The fourth-order valence-corrected chi connectivity index (χ4v) is 2.30. The number of methoxy groups -OCH3 is 1. The third kappa shape index (κ3) is 1.98. The molecule has 6 heteroatoms. The molecule has 0 atom stereocenters. The zero-order chi connectivity index (χ0) is 14.2. The van der Waals surface area contributed by atoms with Gasteiger partial charge in [-0.25, -0.2) is 4.79 Å². The molecule has 1 aliphatic carbocycles. The Kier molecular flexibility index (Phi) is 3.02. The van der Waals surface area contributed by atoms with Gasteiger partial charge in [-0.1, -0.05) is 5.16 Å². The fraction of sp³-hybridized carbons (Fsp3) is 0.357. The second kappa shape index (κ2) is 4.72. The van der Waals surface area contributed by atoms with Crippen LogP contribution in [0.3, 0.4) is 0 Å². The van der Waals surface area contributed by atoms with Gasteiger partial charge in [0.2, 0.25) is 5.82 Å². The maximum absolute atomic E-state index is 10.8. The van der Waals surface area contributed by atoms with Gasteiger partial charge in [-0.05, 0) is 43.5 Å². The van der Waals surface area contributed by atoms with Gasteiger partial charge in [-0.2, -0.15) is 4.98 Å². The van der Waals surface area contributed by atoms with Crippen LogP contribution in [0, 0.1) is 0 Å². The molecule has 1 fully saturated rings. The smallest absolute Gasteiger partial charge is 0.335 e. The summed E-state index contributed by atoms with van der Waals surface area (Å²) in [5.74, 6) is -0.0283. The summed E-state index contributed by atoms with van der Waals surface area (Å²) in [5.41, 5.74) is 0.503. The largest absolute Gasteiger partial charge is 0.478 e. The predicted octanol–water partition coefficient (Wildman–Crippen LogP) is 2.46. The van der Waals surface area contributed by atoms with Crippen molar-refractivity contribution in [3.05, 3.63) is 35.7 Å². The summed E-state index contributed by atoms with van der Waals surface area (Å²) in [6, 6.07) is 6.33. The molecule has 1 saturated carbocycles. The third-order valence-electron chi connectivity index (χ3n) is 3.76. The lowest BCUT2D eigenvalue weighted by atomic mass is 9.79. The summed E-state index contributed by atoms with van der Waals surface area (Å²) in [4.78, 5) is 15.2. The van der Waals surface area contributed by atoms with E-state index in [0.29, 0.717) is 17.3 Å². The molecule has 0 spiro atoms. The molecule has 1 aromatic carbocycles. The van der Waals surface area contributed by atoms with Crippen molar-refractivity contribution in [3.8, 4) is 11.5 Å². The van der Waals surface area contributed by atoms with Crippen LogP contribution in [0.1, 0.15) is 35.4 Å². The van der Waals surface area contributed by atoms with E-state index in [1.807, 2.05) is 0 Å². The lowest BCUT2D eigenvalue weighted by molar-refractivity contribution is -0.0858. The number of ether oxygens (including phenoxy) is 1. The molecule has 0 amide bonds. The van der Waals surface area contributed by atoms with Crippen LogP contribution in [0.2, 0.25) is 0 Å². The maximum Gasteiger partial charge on any atom is 0.335 e. The Morgan fingerprint density at radius 3 is 2.55 bits per heavy atom. The lowest BCUT2D eigenvalue weighted by Crippen LogP contribution is -2.37. The van der Waals surface area contributed by atoms with Gasteiger partial charge in [0.25, 0.3) is 5.89 Å². The maximum atomic E-state index is 10.8. The Balaban J connectivity index is 1.88. The predicted molar refractivity (Wildman–Crippen MR) is 69.2 cm³/mol. The van der Waals surface area contributed by atoms with Gasteiger partial charge in [0, 0.05) is 12.7 Å². The number of rotatable bonds is 4. The minimum atomic E-state index is -0.962. The van der Waals surface area contributed by atoms with E-state index in [1.54, 1.807) is 19.2 Å². The van der Waals surface area contributed by atoms with Gasteiger partial charge < -0.3 is 14.4 Å². The summed E-state index contributed by atoms with van der Waals surface area (Å²) >= 11 is 0. The number of carbonyl (C=O) groups is 1. The van der Waals surface area contributed by atoms with Crippen molar-refractivity contribution in [2.24, 2.45) is 0 Å². The van der Waals surface area contributed by atoms with Gasteiger partial charge in [0.1, 0.15) is 5.60 Å². The van der Waals surface area contributed by atoms with Crippen molar-refractivity contribution in [1.82, 2.24) is 10.1 Å². The van der Waals surface area contributed by atoms with Crippen LogP contribution < -0.4 is 0 Å². The highest BCUT2D eigenvalue weighted by molar-refractivity contribution is 5.88. The van der Waals surface area contributed by atoms with Gasteiger partial charge in [-0.3, -0.25) is 0 Å². The molecule has 0 radical (unpaired) electrons. The van der Waals surface area contributed by atoms with Crippen LogP contribution in [0.5, 0.6) is 0 Å². The van der Waals surface area contributed by atoms with E-state index in [1.165, 1.54) is 12.1 Å². The highest BCUT2D eigenvalue weighted by Gasteiger charge is 2.43. The number of nitrogens with zero attached hydrogens (tertiary/aromatic N) is 2. The van der Waals surface area contributed by atoms with Gasteiger partial charge in [-0.15, -0.1) is 0 Å². The number of aromatic nitrogens is 2.